The van der Waals surface area contributed by atoms with Gasteiger partial charge in [0.25, 0.3) is 0 Å². The highest BCUT2D eigenvalue weighted by Crippen LogP contribution is 2.29. The van der Waals surface area contributed by atoms with Crippen molar-refractivity contribution in [1.82, 2.24) is 9.97 Å². The van der Waals surface area contributed by atoms with Gasteiger partial charge in [-0.15, -0.1) is 0 Å². The second kappa shape index (κ2) is 5.16. The molecule has 2 rings (SSSR count). The molecule has 6 nitrogen and oxygen atoms in total. The Balaban J connectivity index is 2.42. The smallest absolute Gasteiger partial charge is 0.329 e. The monoisotopic (exact) mass is 284 g/mol. The lowest BCUT2D eigenvalue weighted by Gasteiger charge is -2.07. The second-order valence-corrected chi connectivity index (χ2v) is 3.98. The molecule has 1 N–H and O–H groups in total. The Morgan fingerprint density at radius 2 is 2.00 bits per heavy atom. The number of hydrogen-bond acceptors (Lipinski definition) is 5. The summed E-state index contributed by atoms with van der Waals surface area (Å²) in [6, 6.07) is 6.80. The summed E-state index contributed by atoms with van der Waals surface area (Å²) in [5.74, 6) is -0.00639. The fourth-order valence-corrected chi connectivity index (χ4v) is 1.59. The third kappa shape index (κ3) is 2.66. The molecule has 0 radical (unpaired) electrons. The second-order valence-electron chi connectivity index (χ2n) is 3.23. The van der Waals surface area contributed by atoms with Gasteiger partial charge in [-0.1, -0.05) is 23.7 Å². The average molecular weight is 285 g/mol. The molecule has 2 aromatic rings. The standard InChI is InChI=1S/C10H6Cl2N4O2/c11-6-3-1-2-4-7(6)14-9-8(16(17)18)5-13-10(12)15-9/h1-5H,(H,13,14,15). The van der Waals surface area contributed by atoms with Crippen LogP contribution in [0.4, 0.5) is 17.2 Å². The van der Waals surface area contributed by atoms with Gasteiger partial charge in [-0.25, -0.2) is 4.98 Å². The topological polar surface area (TPSA) is 81.0 Å². The maximum absolute atomic E-state index is 10.8. The average Bonchev–Trinajstić information content (AvgIpc) is 2.32. The predicted molar refractivity (Wildman–Crippen MR) is 68.4 cm³/mol. The van der Waals surface area contributed by atoms with E-state index in [1.165, 1.54) is 0 Å². The van der Waals surface area contributed by atoms with Crippen molar-refractivity contribution >= 4 is 40.4 Å². The molecule has 0 aliphatic carbocycles. The summed E-state index contributed by atoms with van der Waals surface area (Å²) in [7, 11) is 0. The van der Waals surface area contributed by atoms with Crippen molar-refractivity contribution in [2.75, 3.05) is 5.32 Å². The van der Waals surface area contributed by atoms with Gasteiger partial charge in [-0.2, -0.15) is 4.98 Å². The summed E-state index contributed by atoms with van der Waals surface area (Å²) in [5.41, 5.74) is 0.219. The summed E-state index contributed by atoms with van der Waals surface area (Å²) in [6.07, 6.45) is 1.04. The van der Waals surface area contributed by atoms with Gasteiger partial charge in [-0.3, -0.25) is 10.1 Å². The number of nitro groups is 1. The van der Waals surface area contributed by atoms with E-state index in [1.54, 1.807) is 24.3 Å². The Hall–Kier alpha value is -1.92. The molecule has 92 valence electrons. The first-order valence-electron chi connectivity index (χ1n) is 4.76. The van der Waals surface area contributed by atoms with Crippen LogP contribution in [-0.4, -0.2) is 14.9 Å². The zero-order valence-corrected chi connectivity index (χ0v) is 10.3. The number of rotatable bonds is 3. The van der Waals surface area contributed by atoms with Crippen LogP contribution in [0.1, 0.15) is 0 Å². The quantitative estimate of drug-likeness (QED) is 0.530. The van der Waals surface area contributed by atoms with Crippen LogP contribution in [0.15, 0.2) is 30.5 Å². The Kier molecular flexibility index (Phi) is 3.59. The Morgan fingerprint density at radius 1 is 1.28 bits per heavy atom. The molecule has 0 aliphatic rings. The van der Waals surface area contributed by atoms with Crippen molar-refractivity contribution in [2.45, 2.75) is 0 Å². The third-order valence-electron chi connectivity index (χ3n) is 2.06. The van der Waals surface area contributed by atoms with Gasteiger partial charge in [0, 0.05) is 0 Å². The lowest BCUT2D eigenvalue weighted by Crippen LogP contribution is -2.01. The van der Waals surface area contributed by atoms with Crippen LogP contribution in [0.2, 0.25) is 10.3 Å². The maximum Gasteiger partial charge on any atom is 0.329 e. The van der Waals surface area contributed by atoms with E-state index < -0.39 is 4.92 Å². The number of nitrogens with one attached hydrogen (secondary N) is 1. The van der Waals surface area contributed by atoms with Crippen LogP contribution in [0.5, 0.6) is 0 Å². The number of benzene rings is 1. The van der Waals surface area contributed by atoms with Crippen LogP contribution < -0.4 is 5.32 Å². The largest absolute Gasteiger partial charge is 0.333 e. The molecule has 0 saturated heterocycles. The minimum atomic E-state index is -0.602. The first kappa shape index (κ1) is 12.5. The molecular formula is C10H6Cl2N4O2. The van der Waals surface area contributed by atoms with E-state index >= 15 is 0 Å². The minimum absolute atomic E-state index is 0.00639. The van der Waals surface area contributed by atoms with E-state index in [1.807, 2.05) is 0 Å². The normalized spacial score (nSPS) is 10.1. The van der Waals surface area contributed by atoms with Crippen molar-refractivity contribution < 1.29 is 4.92 Å². The highest BCUT2D eigenvalue weighted by atomic mass is 35.5. The summed E-state index contributed by atoms with van der Waals surface area (Å²) >= 11 is 11.5. The summed E-state index contributed by atoms with van der Waals surface area (Å²) in [4.78, 5) is 17.6. The Morgan fingerprint density at radius 3 is 2.67 bits per heavy atom. The van der Waals surface area contributed by atoms with Crippen LogP contribution in [0.3, 0.4) is 0 Å². The van der Waals surface area contributed by atoms with Gasteiger partial charge in [0.1, 0.15) is 6.20 Å². The van der Waals surface area contributed by atoms with E-state index in [2.05, 4.69) is 15.3 Å². The number of halogens is 2. The molecule has 1 heterocycles. The highest BCUT2D eigenvalue weighted by Gasteiger charge is 2.17. The molecule has 1 aromatic heterocycles. The fraction of sp³-hybridized carbons (Fsp3) is 0. The highest BCUT2D eigenvalue weighted by molar-refractivity contribution is 6.33. The Bertz CT molecular complexity index is 606. The molecule has 18 heavy (non-hydrogen) atoms. The van der Waals surface area contributed by atoms with Crippen molar-refractivity contribution in [3.05, 3.63) is 50.9 Å². The van der Waals surface area contributed by atoms with E-state index in [0.717, 1.165) is 6.20 Å². The van der Waals surface area contributed by atoms with Gasteiger partial charge in [0.2, 0.25) is 11.1 Å². The van der Waals surface area contributed by atoms with Crippen molar-refractivity contribution in [1.29, 1.82) is 0 Å². The van der Waals surface area contributed by atoms with Crippen molar-refractivity contribution in [2.24, 2.45) is 0 Å². The maximum atomic E-state index is 10.8. The first-order chi connectivity index (χ1) is 8.58. The molecule has 0 spiro atoms. The lowest BCUT2D eigenvalue weighted by atomic mass is 10.3. The summed E-state index contributed by atoms with van der Waals surface area (Å²) < 4.78 is 0. The molecule has 0 aliphatic heterocycles. The first-order valence-corrected chi connectivity index (χ1v) is 5.52. The summed E-state index contributed by atoms with van der Waals surface area (Å²) in [5, 5.41) is 13.9. The molecule has 0 fully saturated rings. The van der Waals surface area contributed by atoms with E-state index in [4.69, 9.17) is 23.2 Å². The molecule has 0 bridgehead atoms. The zero-order chi connectivity index (χ0) is 13.1. The number of para-hydroxylation sites is 1. The van der Waals surface area contributed by atoms with Gasteiger partial charge in [0.15, 0.2) is 0 Å². The molecule has 0 saturated carbocycles. The third-order valence-corrected chi connectivity index (χ3v) is 2.58. The van der Waals surface area contributed by atoms with Crippen molar-refractivity contribution in [3.8, 4) is 0 Å². The number of nitrogens with zero attached hydrogens (tertiary/aromatic N) is 3. The number of anilines is 2. The fourth-order valence-electron chi connectivity index (χ4n) is 1.27. The van der Waals surface area contributed by atoms with E-state index in [0.29, 0.717) is 10.7 Å². The minimum Gasteiger partial charge on any atom is -0.333 e. The predicted octanol–water partition coefficient (Wildman–Crippen LogP) is 3.44. The molecule has 0 amide bonds. The molecular weight excluding hydrogens is 279 g/mol. The molecule has 8 heteroatoms. The number of hydrogen-bond donors (Lipinski definition) is 1. The van der Waals surface area contributed by atoms with E-state index in [-0.39, 0.29) is 16.8 Å². The van der Waals surface area contributed by atoms with Crippen molar-refractivity contribution in [3.63, 3.8) is 0 Å². The van der Waals surface area contributed by atoms with Gasteiger partial charge in [0.05, 0.1) is 15.6 Å². The summed E-state index contributed by atoms with van der Waals surface area (Å²) in [6.45, 7) is 0. The molecule has 1 aromatic carbocycles. The Labute approximate surface area is 112 Å². The van der Waals surface area contributed by atoms with Gasteiger partial charge >= 0.3 is 5.69 Å². The van der Waals surface area contributed by atoms with Gasteiger partial charge < -0.3 is 5.32 Å². The van der Waals surface area contributed by atoms with Crippen LogP contribution >= 0.6 is 23.2 Å². The molecule has 0 unspecified atom stereocenters. The lowest BCUT2D eigenvalue weighted by molar-refractivity contribution is -0.384. The molecule has 0 atom stereocenters. The number of aromatic nitrogens is 2. The van der Waals surface area contributed by atoms with Crippen LogP contribution in [0.25, 0.3) is 0 Å². The SMILES string of the molecule is O=[N+]([O-])c1cnc(Cl)nc1Nc1ccccc1Cl. The zero-order valence-electron chi connectivity index (χ0n) is 8.80. The van der Waals surface area contributed by atoms with Crippen LogP contribution in [-0.2, 0) is 0 Å². The van der Waals surface area contributed by atoms with Crippen LogP contribution in [0, 0.1) is 10.1 Å². The van der Waals surface area contributed by atoms with Gasteiger partial charge in [-0.05, 0) is 23.7 Å². The van der Waals surface area contributed by atoms with E-state index in [9.17, 15) is 10.1 Å².